The van der Waals surface area contributed by atoms with E-state index >= 15 is 0 Å². The van der Waals surface area contributed by atoms with Crippen molar-refractivity contribution in [1.29, 1.82) is 5.26 Å². The summed E-state index contributed by atoms with van der Waals surface area (Å²) in [6.45, 7) is 7.82. The molecule has 1 atom stereocenters. The number of benzene rings is 2. The molecule has 4 nitrogen and oxygen atoms in total. The molecular weight excluding hydrogens is 365 g/mol. The highest BCUT2D eigenvalue weighted by Gasteiger charge is 2.24. The Morgan fingerprint density at radius 1 is 1.03 bits per heavy atom. The number of hydrogen-bond donors (Lipinski definition) is 0. The lowest BCUT2D eigenvalue weighted by Gasteiger charge is -2.39. The molecule has 154 valence electrons. The van der Waals surface area contributed by atoms with Gasteiger partial charge in [-0.2, -0.15) is 5.26 Å². The molecule has 0 amide bonds. The van der Waals surface area contributed by atoms with Gasteiger partial charge in [-0.1, -0.05) is 31.9 Å². The minimum Gasteiger partial charge on any atom is -0.492 e. The summed E-state index contributed by atoms with van der Waals surface area (Å²) in [6.07, 6.45) is 3.54. The van der Waals surface area contributed by atoms with Crippen molar-refractivity contribution in [2.45, 2.75) is 32.2 Å². The Balaban J connectivity index is 1.49. The number of unbranched alkanes of at least 4 members (excludes halogenated alkanes) is 1. The average molecular weight is 396 g/mol. The van der Waals surface area contributed by atoms with E-state index in [0.29, 0.717) is 24.0 Å². The maximum Gasteiger partial charge on any atom is 0.123 e. The predicted octanol–water partition coefficient (Wildman–Crippen LogP) is 4.63. The Morgan fingerprint density at radius 3 is 2.34 bits per heavy atom. The number of ether oxygens (including phenoxy) is 1. The van der Waals surface area contributed by atoms with E-state index in [0.717, 1.165) is 39.1 Å². The van der Waals surface area contributed by atoms with Gasteiger partial charge in [0.1, 0.15) is 18.2 Å². The highest BCUT2D eigenvalue weighted by atomic mass is 19.1. The summed E-state index contributed by atoms with van der Waals surface area (Å²) >= 11 is 0. The zero-order valence-electron chi connectivity index (χ0n) is 17.2. The largest absolute Gasteiger partial charge is 0.492 e. The molecular formula is C24H30FN3O. The van der Waals surface area contributed by atoms with Crippen LogP contribution in [0, 0.1) is 17.1 Å². The Bertz CT molecular complexity index is 777. The molecule has 1 saturated heterocycles. The van der Waals surface area contributed by atoms with Gasteiger partial charge in [-0.05, 0) is 48.4 Å². The second kappa shape index (κ2) is 10.9. The van der Waals surface area contributed by atoms with Crippen molar-refractivity contribution in [3.05, 3.63) is 65.5 Å². The highest BCUT2D eigenvalue weighted by molar-refractivity contribution is 5.33. The van der Waals surface area contributed by atoms with Crippen LogP contribution in [0.4, 0.5) is 4.39 Å². The van der Waals surface area contributed by atoms with Crippen LogP contribution in [0.2, 0.25) is 0 Å². The molecule has 0 saturated carbocycles. The third-order valence-electron chi connectivity index (χ3n) is 5.59. The number of halogens is 1. The number of rotatable bonds is 9. The van der Waals surface area contributed by atoms with Crippen molar-refractivity contribution in [1.82, 2.24) is 9.80 Å². The van der Waals surface area contributed by atoms with Crippen molar-refractivity contribution in [2.24, 2.45) is 0 Å². The van der Waals surface area contributed by atoms with E-state index in [-0.39, 0.29) is 5.82 Å². The Kier molecular flexibility index (Phi) is 8.03. The van der Waals surface area contributed by atoms with Crippen LogP contribution in [0.5, 0.6) is 5.75 Å². The van der Waals surface area contributed by atoms with E-state index in [2.05, 4.69) is 34.9 Å². The Labute approximate surface area is 173 Å². The van der Waals surface area contributed by atoms with Crippen LogP contribution in [0.25, 0.3) is 0 Å². The predicted molar refractivity (Wildman–Crippen MR) is 113 cm³/mol. The number of nitrogens with zero attached hydrogens (tertiary/aromatic N) is 3. The van der Waals surface area contributed by atoms with Gasteiger partial charge in [0.05, 0.1) is 11.6 Å². The molecule has 0 spiro atoms. The molecule has 0 bridgehead atoms. The molecule has 3 rings (SSSR count). The van der Waals surface area contributed by atoms with E-state index in [1.807, 2.05) is 12.1 Å². The fraction of sp³-hybridized carbons (Fsp3) is 0.458. The SMILES string of the molecule is CCCCC(c1ccc(C#N)cc1)N1CCN(CCOc2ccc(F)cc2)CC1. The van der Waals surface area contributed by atoms with Gasteiger partial charge in [0.15, 0.2) is 0 Å². The van der Waals surface area contributed by atoms with E-state index in [1.165, 1.54) is 30.5 Å². The number of hydrogen-bond acceptors (Lipinski definition) is 4. The van der Waals surface area contributed by atoms with Gasteiger partial charge in [0.25, 0.3) is 0 Å². The number of piperazine rings is 1. The highest BCUT2D eigenvalue weighted by Crippen LogP contribution is 2.28. The summed E-state index contributed by atoms with van der Waals surface area (Å²) in [5.74, 6) is 0.471. The third kappa shape index (κ3) is 6.28. The van der Waals surface area contributed by atoms with Crippen LogP contribution in [0.1, 0.15) is 43.4 Å². The molecule has 0 aromatic heterocycles. The minimum absolute atomic E-state index is 0.242. The van der Waals surface area contributed by atoms with E-state index in [9.17, 15) is 4.39 Å². The third-order valence-corrected chi connectivity index (χ3v) is 5.59. The molecule has 1 aliphatic heterocycles. The van der Waals surface area contributed by atoms with Crippen molar-refractivity contribution >= 4 is 0 Å². The monoisotopic (exact) mass is 395 g/mol. The zero-order chi connectivity index (χ0) is 20.5. The molecule has 1 unspecified atom stereocenters. The van der Waals surface area contributed by atoms with Crippen molar-refractivity contribution in [2.75, 3.05) is 39.3 Å². The molecule has 29 heavy (non-hydrogen) atoms. The molecule has 5 heteroatoms. The lowest BCUT2D eigenvalue weighted by atomic mass is 9.97. The van der Waals surface area contributed by atoms with Crippen LogP contribution in [-0.4, -0.2) is 49.1 Å². The molecule has 0 aliphatic carbocycles. The van der Waals surface area contributed by atoms with Gasteiger partial charge >= 0.3 is 0 Å². The van der Waals surface area contributed by atoms with Crippen LogP contribution < -0.4 is 4.74 Å². The van der Waals surface area contributed by atoms with Crippen LogP contribution in [0.15, 0.2) is 48.5 Å². The van der Waals surface area contributed by atoms with E-state index in [1.54, 1.807) is 12.1 Å². The van der Waals surface area contributed by atoms with Crippen LogP contribution in [-0.2, 0) is 0 Å². The van der Waals surface area contributed by atoms with E-state index < -0.39 is 0 Å². The maximum absolute atomic E-state index is 13.0. The molecule has 0 N–H and O–H groups in total. The van der Waals surface area contributed by atoms with Gasteiger partial charge < -0.3 is 4.74 Å². The van der Waals surface area contributed by atoms with Gasteiger partial charge in [0, 0.05) is 38.8 Å². The summed E-state index contributed by atoms with van der Waals surface area (Å²) in [5, 5.41) is 9.05. The average Bonchev–Trinajstić information content (AvgIpc) is 2.77. The Hall–Kier alpha value is -2.42. The molecule has 2 aromatic carbocycles. The van der Waals surface area contributed by atoms with Crippen LogP contribution in [0.3, 0.4) is 0 Å². The normalized spacial score (nSPS) is 16.3. The molecule has 2 aromatic rings. The first kappa shape index (κ1) is 21.3. The molecule has 1 aliphatic rings. The van der Waals surface area contributed by atoms with Gasteiger partial charge in [-0.15, -0.1) is 0 Å². The van der Waals surface area contributed by atoms with Gasteiger partial charge in [-0.3, -0.25) is 9.80 Å². The first-order chi connectivity index (χ1) is 14.2. The molecule has 1 fully saturated rings. The second-order valence-corrected chi connectivity index (χ2v) is 7.57. The summed E-state index contributed by atoms with van der Waals surface area (Å²) in [7, 11) is 0. The summed E-state index contributed by atoms with van der Waals surface area (Å²) in [5.41, 5.74) is 2.03. The fourth-order valence-electron chi connectivity index (χ4n) is 3.86. The minimum atomic E-state index is -0.242. The second-order valence-electron chi connectivity index (χ2n) is 7.57. The maximum atomic E-state index is 13.0. The standard InChI is InChI=1S/C24H30FN3O/c1-2-3-4-24(21-7-5-20(19-26)6-8-21)28-15-13-27(14-16-28)17-18-29-23-11-9-22(25)10-12-23/h5-12,24H,2-4,13-18H2,1H3. The van der Waals surface area contributed by atoms with Crippen molar-refractivity contribution < 1.29 is 9.13 Å². The fourth-order valence-corrected chi connectivity index (χ4v) is 3.86. The smallest absolute Gasteiger partial charge is 0.123 e. The summed E-state index contributed by atoms with van der Waals surface area (Å²) in [4.78, 5) is 5.00. The summed E-state index contributed by atoms with van der Waals surface area (Å²) in [6, 6.07) is 16.9. The van der Waals surface area contributed by atoms with Crippen molar-refractivity contribution in [3.63, 3.8) is 0 Å². The van der Waals surface area contributed by atoms with Crippen molar-refractivity contribution in [3.8, 4) is 11.8 Å². The van der Waals surface area contributed by atoms with E-state index in [4.69, 9.17) is 10.00 Å². The summed E-state index contributed by atoms with van der Waals surface area (Å²) < 4.78 is 18.7. The lowest BCUT2D eigenvalue weighted by Crippen LogP contribution is -2.48. The van der Waals surface area contributed by atoms with Gasteiger partial charge in [0.2, 0.25) is 0 Å². The molecule has 0 radical (unpaired) electrons. The molecule has 1 heterocycles. The lowest BCUT2D eigenvalue weighted by molar-refractivity contribution is 0.0819. The quantitative estimate of drug-likeness (QED) is 0.621. The zero-order valence-corrected chi connectivity index (χ0v) is 17.2. The number of nitriles is 1. The van der Waals surface area contributed by atoms with Crippen LogP contribution >= 0.6 is 0 Å². The van der Waals surface area contributed by atoms with Gasteiger partial charge in [-0.25, -0.2) is 4.39 Å². The first-order valence-corrected chi connectivity index (χ1v) is 10.5. The first-order valence-electron chi connectivity index (χ1n) is 10.5. The Morgan fingerprint density at radius 2 is 1.72 bits per heavy atom. The topological polar surface area (TPSA) is 39.5 Å².